The summed E-state index contributed by atoms with van der Waals surface area (Å²) >= 11 is 9.18. The maximum absolute atomic E-state index is 14.3. The van der Waals surface area contributed by atoms with Gasteiger partial charge < -0.3 is 9.73 Å². The Bertz CT molecular complexity index is 585. The van der Waals surface area contributed by atoms with Gasteiger partial charge in [-0.15, -0.1) is 0 Å². The molecular weight excluding hydrogens is 333 g/mol. The molecule has 1 atom stereocenters. The van der Waals surface area contributed by atoms with E-state index in [1.807, 2.05) is 19.9 Å². The molecule has 2 rings (SSSR count). The van der Waals surface area contributed by atoms with Gasteiger partial charge in [-0.25, -0.2) is 4.39 Å². The third-order valence-electron chi connectivity index (χ3n) is 2.99. The van der Waals surface area contributed by atoms with E-state index in [0.717, 1.165) is 11.3 Å². The summed E-state index contributed by atoms with van der Waals surface area (Å²) in [6, 6.07) is 5.05. The Hall–Kier alpha value is -0.840. The first kappa shape index (κ1) is 14.6. The first-order valence-corrected chi connectivity index (χ1v) is 7.14. The Morgan fingerprint density at radius 2 is 2.11 bits per heavy atom. The number of aryl methyl sites for hydroxylation is 1. The number of hydrogen-bond donors (Lipinski definition) is 1. The van der Waals surface area contributed by atoms with Crippen molar-refractivity contribution in [2.75, 3.05) is 6.54 Å². The number of rotatable bonds is 4. The molecule has 0 aliphatic rings. The summed E-state index contributed by atoms with van der Waals surface area (Å²) in [6.45, 7) is 4.54. The normalized spacial score (nSPS) is 12.7. The summed E-state index contributed by atoms with van der Waals surface area (Å²) in [5, 5.41) is 3.35. The Kier molecular flexibility index (Phi) is 4.66. The van der Waals surface area contributed by atoms with Gasteiger partial charge in [-0.2, -0.15) is 0 Å². The minimum absolute atomic E-state index is 0.0987. The lowest BCUT2D eigenvalue weighted by Crippen LogP contribution is -2.23. The fourth-order valence-electron chi connectivity index (χ4n) is 2.05. The highest BCUT2D eigenvalue weighted by Crippen LogP contribution is 2.34. The van der Waals surface area contributed by atoms with E-state index in [0.29, 0.717) is 16.6 Å². The van der Waals surface area contributed by atoms with Gasteiger partial charge in [0.15, 0.2) is 0 Å². The van der Waals surface area contributed by atoms with Crippen molar-refractivity contribution in [2.45, 2.75) is 19.9 Å². The second kappa shape index (κ2) is 6.07. The van der Waals surface area contributed by atoms with E-state index in [2.05, 4.69) is 21.2 Å². The highest BCUT2D eigenvalue weighted by molar-refractivity contribution is 9.10. The molecule has 0 radical (unpaired) electrons. The van der Waals surface area contributed by atoms with Gasteiger partial charge in [-0.05, 0) is 41.5 Å². The minimum atomic E-state index is -0.414. The zero-order chi connectivity index (χ0) is 14.0. The van der Waals surface area contributed by atoms with E-state index in [1.54, 1.807) is 18.4 Å². The van der Waals surface area contributed by atoms with Crippen LogP contribution in [0, 0.1) is 12.7 Å². The highest BCUT2D eigenvalue weighted by Gasteiger charge is 2.22. The monoisotopic (exact) mass is 345 g/mol. The lowest BCUT2D eigenvalue weighted by Gasteiger charge is -2.19. The SMILES string of the molecule is CCNC(c1ccoc1C)c1ccc(Br)c(Cl)c1F. The lowest BCUT2D eigenvalue weighted by atomic mass is 9.98. The molecule has 0 amide bonds. The molecule has 0 aliphatic heterocycles. The van der Waals surface area contributed by atoms with Crippen molar-refractivity contribution >= 4 is 27.5 Å². The first-order valence-electron chi connectivity index (χ1n) is 5.97. The molecule has 1 aromatic carbocycles. The molecule has 0 saturated heterocycles. The predicted molar refractivity (Wildman–Crippen MR) is 78.1 cm³/mol. The van der Waals surface area contributed by atoms with Crippen LogP contribution in [0.15, 0.2) is 33.4 Å². The van der Waals surface area contributed by atoms with Crippen LogP contribution in [-0.4, -0.2) is 6.54 Å². The zero-order valence-electron chi connectivity index (χ0n) is 10.6. The van der Waals surface area contributed by atoms with Crippen LogP contribution < -0.4 is 5.32 Å². The van der Waals surface area contributed by atoms with E-state index in [4.69, 9.17) is 16.0 Å². The average Bonchev–Trinajstić information content (AvgIpc) is 2.80. The predicted octanol–water partition coefficient (Wildman–Crippen LogP) is 4.84. The largest absolute Gasteiger partial charge is 0.469 e. The standard InChI is InChI=1S/C14H14BrClFNO/c1-3-18-14(9-6-7-19-8(9)2)10-4-5-11(15)12(16)13(10)17/h4-7,14,18H,3H2,1-2H3. The first-order chi connectivity index (χ1) is 9.06. The van der Waals surface area contributed by atoms with Crippen molar-refractivity contribution < 1.29 is 8.81 Å². The van der Waals surface area contributed by atoms with Gasteiger partial charge in [0.05, 0.1) is 17.3 Å². The molecule has 1 unspecified atom stereocenters. The molecule has 102 valence electrons. The van der Waals surface area contributed by atoms with E-state index >= 15 is 0 Å². The summed E-state index contributed by atoms with van der Waals surface area (Å²) in [7, 11) is 0. The summed E-state index contributed by atoms with van der Waals surface area (Å²) in [5.41, 5.74) is 1.43. The maximum atomic E-state index is 14.3. The molecule has 1 heterocycles. The van der Waals surface area contributed by atoms with E-state index in [-0.39, 0.29) is 11.1 Å². The van der Waals surface area contributed by atoms with Gasteiger partial charge in [0, 0.05) is 15.6 Å². The molecule has 5 heteroatoms. The second-order valence-corrected chi connectivity index (χ2v) is 5.42. The van der Waals surface area contributed by atoms with Gasteiger partial charge in [-0.3, -0.25) is 0 Å². The quantitative estimate of drug-likeness (QED) is 0.801. The summed E-state index contributed by atoms with van der Waals surface area (Å²) < 4.78 is 20.2. The number of furan rings is 1. The maximum Gasteiger partial charge on any atom is 0.148 e. The molecule has 1 aromatic heterocycles. The molecule has 1 N–H and O–H groups in total. The van der Waals surface area contributed by atoms with Crippen LogP contribution >= 0.6 is 27.5 Å². The van der Waals surface area contributed by atoms with Crippen LogP contribution in [0.4, 0.5) is 4.39 Å². The average molecular weight is 347 g/mol. The van der Waals surface area contributed by atoms with Gasteiger partial charge in [0.25, 0.3) is 0 Å². The molecule has 0 bridgehead atoms. The Balaban J connectivity index is 2.52. The van der Waals surface area contributed by atoms with Crippen LogP contribution in [-0.2, 0) is 0 Å². The van der Waals surface area contributed by atoms with E-state index in [1.165, 1.54) is 0 Å². The van der Waals surface area contributed by atoms with E-state index in [9.17, 15) is 4.39 Å². The molecule has 0 aliphatic carbocycles. The van der Waals surface area contributed by atoms with Crippen molar-refractivity contribution in [3.63, 3.8) is 0 Å². The van der Waals surface area contributed by atoms with Gasteiger partial charge >= 0.3 is 0 Å². The summed E-state index contributed by atoms with van der Waals surface area (Å²) in [4.78, 5) is 0. The third kappa shape index (κ3) is 2.86. The lowest BCUT2D eigenvalue weighted by molar-refractivity contribution is 0.513. The van der Waals surface area contributed by atoms with Crippen molar-refractivity contribution in [3.8, 4) is 0 Å². The van der Waals surface area contributed by atoms with Crippen LogP contribution in [0.1, 0.15) is 29.9 Å². The summed E-state index contributed by atoms with van der Waals surface area (Å²) in [5.74, 6) is 0.354. The van der Waals surface area contributed by atoms with Crippen molar-refractivity contribution in [2.24, 2.45) is 0 Å². The van der Waals surface area contributed by atoms with Crippen LogP contribution in [0.5, 0.6) is 0 Å². The van der Waals surface area contributed by atoms with Crippen LogP contribution in [0.3, 0.4) is 0 Å². The van der Waals surface area contributed by atoms with Gasteiger partial charge in [0.1, 0.15) is 11.6 Å². The molecule has 0 saturated carbocycles. The second-order valence-electron chi connectivity index (χ2n) is 4.19. The molecular formula is C14H14BrClFNO. The third-order valence-corrected chi connectivity index (χ3v) is 4.25. The molecule has 19 heavy (non-hydrogen) atoms. The zero-order valence-corrected chi connectivity index (χ0v) is 13.0. The molecule has 2 aromatic rings. The van der Waals surface area contributed by atoms with Crippen molar-refractivity contribution in [1.29, 1.82) is 0 Å². The summed E-state index contributed by atoms with van der Waals surface area (Å²) in [6.07, 6.45) is 1.60. The highest BCUT2D eigenvalue weighted by atomic mass is 79.9. The Morgan fingerprint density at radius 1 is 1.37 bits per heavy atom. The Morgan fingerprint density at radius 3 is 2.68 bits per heavy atom. The topological polar surface area (TPSA) is 25.2 Å². The molecule has 2 nitrogen and oxygen atoms in total. The molecule has 0 spiro atoms. The van der Waals surface area contributed by atoms with Gasteiger partial charge in [0.2, 0.25) is 0 Å². The molecule has 0 fully saturated rings. The fourth-order valence-corrected chi connectivity index (χ4v) is 2.53. The number of halogens is 3. The van der Waals surface area contributed by atoms with Crippen LogP contribution in [0.2, 0.25) is 5.02 Å². The Labute approximate surface area is 125 Å². The number of benzene rings is 1. The fraction of sp³-hybridized carbons (Fsp3) is 0.286. The number of nitrogens with one attached hydrogen (secondary N) is 1. The van der Waals surface area contributed by atoms with Crippen LogP contribution in [0.25, 0.3) is 0 Å². The van der Waals surface area contributed by atoms with Gasteiger partial charge in [-0.1, -0.05) is 24.6 Å². The smallest absolute Gasteiger partial charge is 0.148 e. The van der Waals surface area contributed by atoms with Crippen molar-refractivity contribution in [1.82, 2.24) is 5.32 Å². The number of hydrogen-bond acceptors (Lipinski definition) is 2. The van der Waals surface area contributed by atoms with Crippen molar-refractivity contribution in [3.05, 3.63) is 56.7 Å². The van der Waals surface area contributed by atoms with E-state index < -0.39 is 5.82 Å². The minimum Gasteiger partial charge on any atom is -0.469 e.